The van der Waals surface area contributed by atoms with Crippen LogP contribution in [0.5, 0.6) is 11.5 Å². The Morgan fingerprint density at radius 2 is 1.10 bits per heavy atom. The lowest BCUT2D eigenvalue weighted by Gasteiger charge is -2.13. The van der Waals surface area contributed by atoms with Gasteiger partial charge in [-0.3, -0.25) is 4.57 Å². The number of aromatic nitrogens is 4. The fourth-order valence-electron chi connectivity index (χ4n) is 5.92. The molecular formula is C35H24N4O2S. The van der Waals surface area contributed by atoms with E-state index in [2.05, 4.69) is 89.5 Å². The SMILES string of the molecule is COc1ccc(-c2ccc(-c3nc4c5ccccc5c5ccccc5c4n3-c3ccc(OC)cc3)c3nsnc23)cc1. The Kier molecular flexibility index (Phi) is 5.65. The van der Waals surface area contributed by atoms with Crippen molar-refractivity contribution in [2.75, 3.05) is 14.2 Å². The van der Waals surface area contributed by atoms with Gasteiger partial charge < -0.3 is 9.47 Å². The highest BCUT2D eigenvalue weighted by molar-refractivity contribution is 7.00. The number of ether oxygens (including phenoxy) is 2. The molecule has 202 valence electrons. The predicted molar refractivity (Wildman–Crippen MR) is 171 cm³/mol. The van der Waals surface area contributed by atoms with Crippen LogP contribution in [-0.2, 0) is 0 Å². The van der Waals surface area contributed by atoms with Crippen molar-refractivity contribution in [3.05, 3.63) is 109 Å². The zero-order chi connectivity index (χ0) is 28.2. The minimum atomic E-state index is 0.801. The molecule has 42 heavy (non-hydrogen) atoms. The van der Waals surface area contributed by atoms with Crippen LogP contribution in [0, 0.1) is 0 Å². The van der Waals surface area contributed by atoms with Crippen molar-refractivity contribution in [3.8, 4) is 39.7 Å². The van der Waals surface area contributed by atoms with Gasteiger partial charge in [0.05, 0.1) is 37.0 Å². The third-order valence-corrected chi connectivity index (χ3v) is 8.45. The molecule has 0 N–H and O–H groups in total. The molecule has 6 nitrogen and oxygen atoms in total. The van der Waals surface area contributed by atoms with Crippen LogP contribution in [0.2, 0.25) is 0 Å². The molecule has 0 unspecified atom stereocenters. The van der Waals surface area contributed by atoms with E-state index < -0.39 is 0 Å². The first kappa shape index (κ1) is 24.5. The molecule has 0 saturated heterocycles. The molecule has 0 bridgehead atoms. The van der Waals surface area contributed by atoms with Gasteiger partial charge in [0, 0.05) is 27.6 Å². The lowest BCUT2D eigenvalue weighted by molar-refractivity contribution is 0.414. The summed E-state index contributed by atoms with van der Waals surface area (Å²) < 4.78 is 22.7. The van der Waals surface area contributed by atoms with Crippen molar-refractivity contribution in [1.82, 2.24) is 18.3 Å². The topological polar surface area (TPSA) is 62.1 Å². The first-order chi connectivity index (χ1) is 20.7. The first-order valence-corrected chi connectivity index (χ1v) is 14.3. The zero-order valence-electron chi connectivity index (χ0n) is 22.9. The molecule has 0 aliphatic rings. The number of hydrogen-bond donors (Lipinski definition) is 0. The highest BCUT2D eigenvalue weighted by Crippen LogP contribution is 2.41. The summed E-state index contributed by atoms with van der Waals surface area (Å²) in [6.45, 7) is 0. The van der Waals surface area contributed by atoms with Crippen molar-refractivity contribution in [1.29, 1.82) is 0 Å². The highest BCUT2D eigenvalue weighted by Gasteiger charge is 2.23. The number of benzene rings is 6. The van der Waals surface area contributed by atoms with E-state index in [1.807, 2.05) is 24.3 Å². The Bertz CT molecular complexity index is 2270. The predicted octanol–water partition coefficient (Wildman–Crippen LogP) is 8.69. The van der Waals surface area contributed by atoms with Crippen LogP contribution in [0.4, 0.5) is 0 Å². The van der Waals surface area contributed by atoms with Gasteiger partial charge in [-0.15, -0.1) is 0 Å². The molecule has 0 saturated carbocycles. The summed E-state index contributed by atoms with van der Waals surface area (Å²) in [6, 6.07) is 37.5. The molecule has 2 heterocycles. The van der Waals surface area contributed by atoms with Crippen LogP contribution >= 0.6 is 11.7 Å². The van der Waals surface area contributed by atoms with Gasteiger partial charge in [-0.05, 0) is 58.8 Å². The Hall–Kier alpha value is -5.27. The van der Waals surface area contributed by atoms with Crippen LogP contribution in [0.25, 0.3) is 71.8 Å². The van der Waals surface area contributed by atoms with Crippen molar-refractivity contribution < 1.29 is 9.47 Å². The summed E-state index contributed by atoms with van der Waals surface area (Å²) in [6.07, 6.45) is 0. The van der Waals surface area contributed by atoms with E-state index in [1.54, 1.807) is 14.2 Å². The van der Waals surface area contributed by atoms with Gasteiger partial charge in [-0.1, -0.05) is 66.7 Å². The molecule has 8 rings (SSSR count). The smallest absolute Gasteiger partial charge is 0.148 e. The van der Waals surface area contributed by atoms with Crippen molar-refractivity contribution >= 4 is 55.3 Å². The first-order valence-electron chi connectivity index (χ1n) is 13.6. The number of rotatable bonds is 5. The second-order valence-electron chi connectivity index (χ2n) is 10.1. The van der Waals surface area contributed by atoms with E-state index in [0.717, 1.165) is 72.5 Å². The van der Waals surface area contributed by atoms with Crippen molar-refractivity contribution in [2.24, 2.45) is 0 Å². The van der Waals surface area contributed by atoms with Crippen LogP contribution in [-0.4, -0.2) is 32.5 Å². The lowest BCUT2D eigenvalue weighted by atomic mass is 10.00. The fraction of sp³-hybridized carbons (Fsp3) is 0.0571. The molecule has 0 spiro atoms. The monoisotopic (exact) mass is 564 g/mol. The number of nitrogens with zero attached hydrogens (tertiary/aromatic N) is 4. The van der Waals surface area contributed by atoms with Gasteiger partial charge in [0.1, 0.15) is 28.4 Å². The van der Waals surface area contributed by atoms with Crippen LogP contribution in [0.1, 0.15) is 0 Å². The van der Waals surface area contributed by atoms with Gasteiger partial charge in [0.2, 0.25) is 0 Å². The van der Waals surface area contributed by atoms with Crippen molar-refractivity contribution in [2.45, 2.75) is 0 Å². The molecule has 0 atom stereocenters. The van der Waals surface area contributed by atoms with Gasteiger partial charge in [0.15, 0.2) is 0 Å². The molecule has 2 aromatic heterocycles. The number of hydrogen-bond acceptors (Lipinski definition) is 6. The maximum atomic E-state index is 5.48. The van der Waals surface area contributed by atoms with Crippen LogP contribution in [0.15, 0.2) is 109 Å². The molecule has 8 aromatic rings. The standard InChI is InChI=1S/C35H24N4O2S/c1-40-23-15-11-21(12-16-23)25-19-20-30(32-31(25)37-42-38-32)35-36-33-28-9-5-3-7-26(28)27-8-4-6-10-29(27)34(33)39(35)22-13-17-24(41-2)18-14-22/h3-20H,1-2H3. The number of imidazole rings is 1. The highest BCUT2D eigenvalue weighted by atomic mass is 32.1. The summed E-state index contributed by atoms with van der Waals surface area (Å²) >= 11 is 1.22. The minimum Gasteiger partial charge on any atom is -0.497 e. The number of methoxy groups -OCH3 is 2. The van der Waals surface area contributed by atoms with E-state index >= 15 is 0 Å². The van der Waals surface area contributed by atoms with E-state index in [1.165, 1.54) is 22.5 Å². The molecule has 0 aliphatic heterocycles. The Morgan fingerprint density at radius 3 is 1.76 bits per heavy atom. The quantitative estimate of drug-likeness (QED) is 0.196. The molecule has 0 amide bonds. The maximum Gasteiger partial charge on any atom is 0.148 e. The van der Waals surface area contributed by atoms with Gasteiger partial charge in [0.25, 0.3) is 0 Å². The Balaban J connectivity index is 1.47. The van der Waals surface area contributed by atoms with Gasteiger partial charge in [-0.2, -0.15) is 8.75 Å². The molecular weight excluding hydrogens is 540 g/mol. The van der Waals surface area contributed by atoms with E-state index in [0.29, 0.717) is 0 Å². The summed E-state index contributed by atoms with van der Waals surface area (Å²) in [5.74, 6) is 2.43. The minimum absolute atomic E-state index is 0.801. The fourth-order valence-corrected chi connectivity index (χ4v) is 6.49. The molecule has 0 fully saturated rings. The lowest BCUT2D eigenvalue weighted by Crippen LogP contribution is -1.99. The summed E-state index contributed by atoms with van der Waals surface area (Å²) in [4.78, 5) is 5.39. The summed E-state index contributed by atoms with van der Waals surface area (Å²) in [5, 5.41) is 4.63. The second-order valence-corrected chi connectivity index (χ2v) is 10.6. The maximum absolute atomic E-state index is 5.48. The van der Waals surface area contributed by atoms with E-state index in [-0.39, 0.29) is 0 Å². The van der Waals surface area contributed by atoms with Gasteiger partial charge in [-0.25, -0.2) is 4.98 Å². The van der Waals surface area contributed by atoms with Crippen LogP contribution in [0.3, 0.4) is 0 Å². The average molecular weight is 565 g/mol. The third kappa shape index (κ3) is 3.67. The average Bonchev–Trinajstić information content (AvgIpc) is 3.71. The normalized spacial score (nSPS) is 11.6. The Labute approximate surface area is 245 Å². The zero-order valence-corrected chi connectivity index (χ0v) is 23.7. The second kappa shape index (κ2) is 9.68. The van der Waals surface area contributed by atoms with E-state index in [9.17, 15) is 0 Å². The summed E-state index contributed by atoms with van der Waals surface area (Å²) in [7, 11) is 3.36. The van der Waals surface area contributed by atoms with Crippen LogP contribution < -0.4 is 9.47 Å². The van der Waals surface area contributed by atoms with E-state index in [4.69, 9.17) is 23.2 Å². The molecule has 0 radical (unpaired) electrons. The number of fused-ring (bicyclic) bond motifs is 7. The molecule has 0 aliphatic carbocycles. The molecule has 7 heteroatoms. The largest absolute Gasteiger partial charge is 0.497 e. The third-order valence-electron chi connectivity index (χ3n) is 7.92. The Morgan fingerprint density at radius 1 is 0.548 bits per heavy atom. The molecule has 6 aromatic carbocycles. The summed E-state index contributed by atoms with van der Waals surface area (Å²) in [5.41, 5.74) is 7.68. The van der Waals surface area contributed by atoms with Crippen molar-refractivity contribution in [3.63, 3.8) is 0 Å². The van der Waals surface area contributed by atoms with Gasteiger partial charge >= 0.3 is 0 Å².